The first-order chi connectivity index (χ1) is 7.65. The molecule has 0 saturated heterocycles. The molecule has 1 heterocycles. The highest BCUT2D eigenvalue weighted by Gasteiger charge is 2.18. The van der Waals surface area contributed by atoms with Gasteiger partial charge in [0, 0.05) is 6.20 Å². The maximum absolute atomic E-state index is 11.7. The van der Waals surface area contributed by atoms with Crippen LogP contribution in [0.25, 0.3) is 0 Å². The summed E-state index contributed by atoms with van der Waals surface area (Å²) in [6.07, 6.45) is 2.18. The summed E-state index contributed by atoms with van der Waals surface area (Å²) in [5, 5.41) is 10.3. The topological polar surface area (TPSA) is 80.9 Å². The van der Waals surface area contributed by atoms with Crippen LogP contribution in [-0.4, -0.2) is 21.1 Å². The van der Waals surface area contributed by atoms with Gasteiger partial charge in [0.05, 0.1) is 23.1 Å². The molecule has 0 bridgehead atoms. The average Bonchev–Trinajstić information content (AvgIpc) is 2.28. The third-order valence-electron chi connectivity index (χ3n) is 2.14. The first kappa shape index (κ1) is 12.5. The Labute approximate surface area is 99.4 Å². The van der Waals surface area contributed by atoms with Crippen LogP contribution in [0.2, 0.25) is 0 Å². The summed E-state index contributed by atoms with van der Waals surface area (Å²) < 4.78 is 0. The van der Waals surface area contributed by atoms with Crippen molar-refractivity contribution in [2.75, 3.05) is 0 Å². The Kier molecular flexibility index (Phi) is 4.78. The number of thiocarbonyl (C=S) groups is 1. The lowest BCUT2D eigenvalue weighted by atomic mass is 10.1. The molecule has 0 aliphatic rings. The van der Waals surface area contributed by atoms with Gasteiger partial charge in [-0.1, -0.05) is 19.1 Å². The van der Waals surface area contributed by atoms with Crippen LogP contribution in [-0.2, 0) is 11.3 Å². The molecule has 0 aromatic carbocycles. The molecule has 1 atom stereocenters. The van der Waals surface area contributed by atoms with Gasteiger partial charge in [0.2, 0.25) is 5.91 Å². The fourth-order valence-corrected chi connectivity index (χ4v) is 1.52. The van der Waals surface area contributed by atoms with Crippen molar-refractivity contribution >= 4 is 23.1 Å². The van der Waals surface area contributed by atoms with E-state index in [0.717, 1.165) is 0 Å². The third-order valence-corrected chi connectivity index (χ3v) is 2.42. The van der Waals surface area contributed by atoms with Gasteiger partial charge in [-0.05, 0) is 18.6 Å². The van der Waals surface area contributed by atoms with Crippen molar-refractivity contribution < 1.29 is 4.79 Å². The van der Waals surface area contributed by atoms with Crippen LogP contribution in [0.4, 0.5) is 0 Å². The summed E-state index contributed by atoms with van der Waals surface area (Å²) in [5.74, 6) is -0.577. The second kappa shape index (κ2) is 6.12. The number of nitrogens with two attached hydrogens (primary N) is 1. The number of rotatable bonds is 5. The third kappa shape index (κ3) is 3.54. The van der Waals surface area contributed by atoms with E-state index in [0.29, 0.717) is 18.7 Å². The highest BCUT2D eigenvalue weighted by molar-refractivity contribution is 7.80. The largest absolute Gasteiger partial charge is 0.393 e. The number of hydrogen-bond donors (Lipinski definition) is 2. The van der Waals surface area contributed by atoms with E-state index in [1.165, 1.54) is 0 Å². The highest BCUT2D eigenvalue weighted by atomic mass is 32.1. The Morgan fingerprint density at radius 2 is 2.44 bits per heavy atom. The van der Waals surface area contributed by atoms with E-state index in [1.54, 1.807) is 18.3 Å². The van der Waals surface area contributed by atoms with Crippen molar-refractivity contribution in [3.63, 3.8) is 0 Å². The van der Waals surface area contributed by atoms with Crippen LogP contribution < -0.4 is 11.1 Å². The van der Waals surface area contributed by atoms with Crippen molar-refractivity contribution in [2.24, 2.45) is 11.7 Å². The molecule has 1 rings (SSSR count). The highest BCUT2D eigenvalue weighted by Crippen LogP contribution is 2.03. The molecule has 86 valence electrons. The number of nitrogens with zero attached hydrogens (tertiary/aromatic N) is 2. The first-order valence-corrected chi connectivity index (χ1v) is 5.39. The van der Waals surface area contributed by atoms with Crippen LogP contribution in [0.5, 0.6) is 0 Å². The van der Waals surface area contributed by atoms with Gasteiger partial charge in [-0.15, -0.1) is 0 Å². The fourth-order valence-electron chi connectivity index (χ4n) is 1.24. The molecule has 3 N–H and O–H groups in total. The molecule has 5 nitrogen and oxygen atoms in total. The van der Waals surface area contributed by atoms with Crippen molar-refractivity contribution in [3.8, 4) is 0 Å². The maximum atomic E-state index is 11.7. The normalized spacial score (nSPS) is 11.8. The van der Waals surface area contributed by atoms with Crippen LogP contribution in [0.1, 0.15) is 19.0 Å². The van der Waals surface area contributed by atoms with E-state index in [2.05, 4.69) is 15.5 Å². The monoisotopic (exact) mass is 238 g/mol. The molecule has 0 aliphatic carbocycles. The average molecular weight is 238 g/mol. The molecule has 0 radical (unpaired) electrons. The van der Waals surface area contributed by atoms with Gasteiger partial charge in [0.25, 0.3) is 0 Å². The fraction of sp³-hybridized carbons (Fsp3) is 0.400. The SMILES string of the molecule is CCC(C(=O)NCc1cccnn1)C(N)=S. The van der Waals surface area contributed by atoms with Gasteiger partial charge in [0.15, 0.2) is 0 Å². The number of hydrogen-bond acceptors (Lipinski definition) is 4. The Hall–Kier alpha value is -1.56. The van der Waals surface area contributed by atoms with Crippen LogP contribution in [0, 0.1) is 5.92 Å². The van der Waals surface area contributed by atoms with Crippen molar-refractivity contribution in [1.29, 1.82) is 0 Å². The quantitative estimate of drug-likeness (QED) is 0.726. The molecule has 0 fully saturated rings. The maximum Gasteiger partial charge on any atom is 0.230 e. The number of carbonyl (C=O) groups excluding carboxylic acids is 1. The molecule has 1 unspecified atom stereocenters. The smallest absolute Gasteiger partial charge is 0.230 e. The molecule has 0 aliphatic heterocycles. The Bertz CT molecular complexity index is 368. The van der Waals surface area contributed by atoms with Gasteiger partial charge >= 0.3 is 0 Å². The number of aromatic nitrogens is 2. The molecular weight excluding hydrogens is 224 g/mol. The lowest BCUT2D eigenvalue weighted by Crippen LogP contribution is -2.37. The summed E-state index contributed by atoms with van der Waals surface area (Å²) in [5.41, 5.74) is 6.16. The summed E-state index contributed by atoms with van der Waals surface area (Å²) in [6.45, 7) is 2.21. The van der Waals surface area contributed by atoms with Crippen LogP contribution in [0.15, 0.2) is 18.3 Å². The van der Waals surface area contributed by atoms with Crippen LogP contribution >= 0.6 is 12.2 Å². The Balaban J connectivity index is 2.49. The predicted octanol–water partition coefficient (Wildman–Crippen LogP) is 0.405. The minimum absolute atomic E-state index is 0.166. The second-order valence-electron chi connectivity index (χ2n) is 3.30. The van der Waals surface area contributed by atoms with Gasteiger partial charge in [-0.25, -0.2) is 0 Å². The number of carbonyl (C=O) groups is 1. The molecular formula is C10H14N4OS. The summed E-state index contributed by atoms with van der Waals surface area (Å²) in [4.78, 5) is 11.9. The Morgan fingerprint density at radius 1 is 1.69 bits per heavy atom. The lowest BCUT2D eigenvalue weighted by Gasteiger charge is -2.12. The van der Waals surface area contributed by atoms with E-state index in [4.69, 9.17) is 18.0 Å². The minimum atomic E-state index is -0.410. The first-order valence-electron chi connectivity index (χ1n) is 4.98. The zero-order valence-electron chi connectivity index (χ0n) is 9.01. The summed E-state index contributed by atoms with van der Waals surface area (Å²) in [6, 6.07) is 3.55. The molecule has 1 amide bonds. The number of nitrogens with one attached hydrogen (secondary N) is 1. The van der Waals surface area contributed by atoms with Gasteiger partial charge in [0.1, 0.15) is 0 Å². The van der Waals surface area contributed by atoms with Crippen LogP contribution in [0.3, 0.4) is 0 Å². The molecule has 6 heteroatoms. The summed E-state index contributed by atoms with van der Waals surface area (Å²) >= 11 is 4.81. The molecule has 0 saturated carbocycles. The van der Waals surface area contributed by atoms with Gasteiger partial charge in [-0.2, -0.15) is 10.2 Å². The van der Waals surface area contributed by atoms with Crippen molar-refractivity contribution in [3.05, 3.63) is 24.0 Å². The van der Waals surface area contributed by atoms with E-state index in [-0.39, 0.29) is 10.9 Å². The minimum Gasteiger partial charge on any atom is -0.393 e. The van der Waals surface area contributed by atoms with Gasteiger partial charge in [-0.3, -0.25) is 4.79 Å². The van der Waals surface area contributed by atoms with E-state index >= 15 is 0 Å². The molecule has 1 aromatic heterocycles. The van der Waals surface area contributed by atoms with Gasteiger partial charge < -0.3 is 11.1 Å². The van der Waals surface area contributed by atoms with E-state index < -0.39 is 5.92 Å². The number of amides is 1. The van der Waals surface area contributed by atoms with E-state index in [1.807, 2.05) is 6.92 Å². The second-order valence-corrected chi connectivity index (χ2v) is 3.77. The van der Waals surface area contributed by atoms with Crippen molar-refractivity contribution in [2.45, 2.75) is 19.9 Å². The zero-order valence-corrected chi connectivity index (χ0v) is 9.83. The summed E-state index contributed by atoms with van der Waals surface area (Å²) in [7, 11) is 0. The zero-order chi connectivity index (χ0) is 12.0. The Morgan fingerprint density at radius 3 is 2.94 bits per heavy atom. The van der Waals surface area contributed by atoms with E-state index in [9.17, 15) is 4.79 Å². The standard InChI is InChI=1S/C10H14N4OS/c1-2-8(9(11)16)10(15)12-6-7-4-3-5-13-14-7/h3-5,8H,2,6H2,1H3,(H2,11,16)(H,12,15). The molecule has 1 aromatic rings. The molecule has 0 spiro atoms. The molecule has 16 heavy (non-hydrogen) atoms. The lowest BCUT2D eigenvalue weighted by molar-refractivity contribution is -0.123. The van der Waals surface area contributed by atoms with Crippen molar-refractivity contribution in [1.82, 2.24) is 15.5 Å². The predicted molar refractivity (Wildman–Crippen MR) is 64.4 cm³/mol.